The molecular weight excluding hydrogens is 278 g/mol. The first-order chi connectivity index (χ1) is 10.6. The number of carbonyl (C=O) groups excluding carboxylic acids is 1. The first-order valence-corrected chi connectivity index (χ1v) is 8.10. The summed E-state index contributed by atoms with van der Waals surface area (Å²) in [5.41, 5.74) is 1.14. The van der Waals surface area contributed by atoms with Crippen molar-refractivity contribution in [1.29, 1.82) is 0 Å². The molecule has 22 heavy (non-hydrogen) atoms. The van der Waals surface area contributed by atoms with Gasteiger partial charge >= 0.3 is 0 Å². The van der Waals surface area contributed by atoms with Crippen LogP contribution in [0.15, 0.2) is 24.5 Å². The van der Waals surface area contributed by atoms with Gasteiger partial charge in [-0.2, -0.15) is 0 Å². The Bertz CT molecular complexity index is 466. The van der Waals surface area contributed by atoms with E-state index in [4.69, 9.17) is 0 Å². The summed E-state index contributed by atoms with van der Waals surface area (Å²) in [7, 11) is 2.09. The minimum Gasteiger partial charge on any atom is -0.396 e. The monoisotopic (exact) mass is 305 g/mol. The van der Waals surface area contributed by atoms with Crippen LogP contribution in [-0.2, 0) is 11.2 Å². The van der Waals surface area contributed by atoms with Gasteiger partial charge in [-0.25, -0.2) is 0 Å². The fourth-order valence-corrected chi connectivity index (χ4v) is 3.04. The molecule has 2 atom stereocenters. The van der Waals surface area contributed by atoms with Crippen molar-refractivity contribution in [3.63, 3.8) is 0 Å². The maximum atomic E-state index is 12.4. The molecule has 0 aromatic carbocycles. The van der Waals surface area contributed by atoms with Crippen molar-refractivity contribution in [3.05, 3.63) is 30.1 Å². The average Bonchev–Trinajstić information content (AvgIpc) is 2.96. The Morgan fingerprint density at radius 1 is 1.36 bits per heavy atom. The zero-order valence-corrected chi connectivity index (χ0v) is 13.6. The maximum absolute atomic E-state index is 12.4. The fourth-order valence-electron chi connectivity index (χ4n) is 3.04. The van der Waals surface area contributed by atoms with Crippen LogP contribution in [0, 0.1) is 11.8 Å². The van der Waals surface area contributed by atoms with Crippen LogP contribution in [0.1, 0.15) is 18.9 Å². The zero-order valence-electron chi connectivity index (χ0n) is 13.6. The SMILES string of the molecule is CCN(C)C[C@@H]1CN(C(=O)CCc2ccncc2)C[C@@H]1CO. The average molecular weight is 305 g/mol. The standard InChI is InChI=1S/C17H27N3O2/c1-3-19(2)10-15-11-20(12-16(15)13-21)17(22)5-4-14-6-8-18-9-7-14/h6-9,15-16,21H,3-5,10-13H2,1-2H3/t15-,16-/m1/s1. The largest absolute Gasteiger partial charge is 0.396 e. The lowest BCUT2D eigenvalue weighted by molar-refractivity contribution is -0.130. The molecule has 0 bridgehead atoms. The Balaban J connectivity index is 1.85. The predicted octanol–water partition coefficient (Wildman–Crippen LogP) is 1.03. The molecule has 0 spiro atoms. The minimum absolute atomic E-state index is 0.163. The van der Waals surface area contributed by atoms with E-state index in [1.807, 2.05) is 17.0 Å². The molecule has 1 aromatic heterocycles. The van der Waals surface area contributed by atoms with Gasteiger partial charge in [0.25, 0.3) is 0 Å². The van der Waals surface area contributed by atoms with Gasteiger partial charge in [0.15, 0.2) is 0 Å². The van der Waals surface area contributed by atoms with E-state index < -0.39 is 0 Å². The normalized spacial score (nSPS) is 21.5. The first-order valence-electron chi connectivity index (χ1n) is 8.10. The molecule has 122 valence electrons. The molecule has 2 rings (SSSR count). The fraction of sp³-hybridized carbons (Fsp3) is 0.647. The van der Waals surface area contributed by atoms with Crippen LogP contribution in [0.4, 0.5) is 0 Å². The number of rotatable bonds is 7. The van der Waals surface area contributed by atoms with Gasteiger partial charge < -0.3 is 14.9 Å². The number of aliphatic hydroxyl groups excluding tert-OH is 1. The minimum atomic E-state index is 0.163. The number of aliphatic hydroxyl groups is 1. The summed E-state index contributed by atoms with van der Waals surface area (Å²) in [6.07, 6.45) is 4.79. The van der Waals surface area contributed by atoms with Gasteiger partial charge in [0.2, 0.25) is 5.91 Å². The third-order valence-electron chi connectivity index (χ3n) is 4.63. The Hall–Kier alpha value is -1.46. The maximum Gasteiger partial charge on any atom is 0.222 e. The Morgan fingerprint density at radius 3 is 2.68 bits per heavy atom. The van der Waals surface area contributed by atoms with Crippen LogP contribution in [0.5, 0.6) is 0 Å². The molecule has 5 heteroatoms. The number of aryl methyl sites for hydroxylation is 1. The van der Waals surface area contributed by atoms with E-state index in [0.717, 1.165) is 31.6 Å². The second-order valence-electron chi connectivity index (χ2n) is 6.21. The van der Waals surface area contributed by atoms with Crippen molar-refractivity contribution in [3.8, 4) is 0 Å². The summed E-state index contributed by atoms with van der Waals surface area (Å²) >= 11 is 0. The summed E-state index contributed by atoms with van der Waals surface area (Å²) in [6.45, 7) is 5.68. The van der Waals surface area contributed by atoms with Crippen LogP contribution in [-0.4, -0.2) is 65.6 Å². The van der Waals surface area contributed by atoms with Crippen LogP contribution < -0.4 is 0 Å². The molecule has 1 fully saturated rings. The number of pyridine rings is 1. The lowest BCUT2D eigenvalue weighted by Crippen LogP contribution is -2.32. The van der Waals surface area contributed by atoms with E-state index in [0.29, 0.717) is 18.9 Å². The quantitative estimate of drug-likeness (QED) is 0.817. The number of hydrogen-bond donors (Lipinski definition) is 1. The topological polar surface area (TPSA) is 56.7 Å². The number of aromatic nitrogens is 1. The van der Waals surface area contributed by atoms with E-state index in [2.05, 4.69) is 23.9 Å². The highest BCUT2D eigenvalue weighted by atomic mass is 16.3. The summed E-state index contributed by atoms with van der Waals surface area (Å²) in [5.74, 6) is 0.774. The van der Waals surface area contributed by atoms with Crippen LogP contribution in [0.25, 0.3) is 0 Å². The molecule has 0 saturated carbocycles. The second-order valence-corrected chi connectivity index (χ2v) is 6.21. The highest BCUT2D eigenvalue weighted by molar-refractivity contribution is 5.76. The highest BCUT2D eigenvalue weighted by Crippen LogP contribution is 2.24. The Labute approximate surface area is 132 Å². The summed E-state index contributed by atoms with van der Waals surface area (Å²) in [4.78, 5) is 20.6. The highest BCUT2D eigenvalue weighted by Gasteiger charge is 2.34. The summed E-state index contributed by atoms with van der Waals surface area (Å²) in [6, 6.07) is 3.90. The molecule has 2 heterocycles. The zero-order chi connectivity index (χ0) is 15.9. The summed E-state index contributed by atoms with van der Waals surface area (Å²) < 4.78 is 0. The van der Waals surface area contributed by atoms with Gasteiger partial charge in [-0.15, -0.1) is 0 Å². The van der Waals surface area contributed by atoms with Gasteiger partial charge in [-0.05, 0) is 43.6 Å². The van der Waals surface area contributed by atoms with Crippen LogP contribution >= 0.6 is 0 Å². The molecule has 5 nitrogen and oxygen atoms in total. The van der Waals surface area contributed by atoms with Crippen LogP contribution in [0.3, 0.4) is 0 Å². The molecule has 1 N–H and O–H groups in total. The van der Waals surface area contributed by atoms with E-state index in [1.54, 1.807) is 12.4 Å². The number of nitrogens with zero attached hydrogens (tertiary/aromatic N) is 3. The lowest BCUT2D eigenvalue weighted by Gasteiger charge is -2.22. The third kappa shape index (κ3) is 4.52. The molecule has 0 radical (unpaired) electrons. The number of carbonyl (C=O) groups is 1. The van der Waals surface area contributed by atoms with Gasteiger partial charge in [0, 0.05) is 51.0 Å². The smallest absolute Gasteiger partial charge is 0.222 e. The van der Waals surface area contributed by atoms with Crippen molar-refractivity contribution in [1.82, 2.24) is 14.8 Å². The lowest BCUT2D eigenvalue weighted by atomic mass is 9.96. The Kier molecular flexibility index (Phi) is 6.34. The molecule has 1 aliphatic heterocycles. The van der Waals surface area contributed by atoms with Gasteiger partial charge in [-0.1, -0.05) is 6.92 Å². The van der Waals surface area contributed by atoms with Crippen LogP contribution in [0.2, 0.25) is 0 Å². The molecule has 1 aromatic rings. The molecule has 1 amide bonds. The molecule has 0 aliphatic carbocycles. The number of likely N-dealkylation sites (tertiary alicyclic amines) is 1. The van der Waals surface area contributed by atoms with Crippen molar-refractivity contribution in [2.75, 3.05) is 39.8 Å². The molecule has 1 aliphatic rings. The molecule has 0 unspecified atom stereocenters. The van der Waals surface area contributed by atoms with Gasteiger partial charge in [-0.3, -0.25) is 9.78 Å². The van der Waals surface area contributed by atoms with Crippen molar-refractivity contribution in [2.45, 2.75) is 19.8 Å². The molecular formula is C17H27N3O2. The van der Waals surface area contributed by atoms with Gasteiger partial charge in [0.1, 0.15) is 0 Å². The predicted molar refractivity (Wildman–Crippen MR) is 86.4 cm³/mol. The van der Waals surface area contributed by atoms with E-state index in [9.17, 15) is 9.90 Å². The third-order valence-corrected chi connectivity index (χ3v) is 4.63. The van der Waals surface area contributed by atoms with E-state index in [1.165, 1.54) is 0 Å². The van der Waals surface area contributed by atoms with E-state index >= 15 is 0 Å². The Morgan fingerprint density at radius 2 is 2.05 bits per heavy atom. The number of amides is 1. The van der Waals surface area contributed by atoms with Gasteiger partial charge in [0.05, 0.1) is 0 Å². The second kappa shape index (κ2) is 8.25. The molecule has 1 saturated heterocycles. The summed E-state index contributed by atoms with van der Waals surface area (Å²) in [5, 5.41) is 9.57. The van der Waals surface area contributed by atoms with Crippen molar-refractivity contribution < 1.29 is 9.90 Å². The van der Waals surface area contributed by atoms with Crippen molar-refractivity contribution in [2.24, 2.45) is 11.8 Å². The number of hydrogen-bond acceptors (Lipinski definition) is 4. The van der Waals surface area contributed by atoms with E-state index in [-0.39, 0.29) is 18.4 Å². The first kappa shape index (κ1) is 16.9. The van der Waals surface area contributed by atoms with Crippen molar-refractivity contribution >= 4 is 5.91 Å².